The van der Waals surface area contributed by atoms with Crippen molar-refractivity contribution >= 4 is 0 Å². The van der Waals surface area contributed by atoms with Crippen LogP contribution in [-0.2, 0) is 13.6 Å². The average Bonchev–Trinajstić information content (AvgIpc) is 2.26. The molecule has 0 aliphatic rings. The van der Waals surface area contributed by atoms with E-state index in [1.54, 1.807) is 16.6 Å². The maximum Gasteiger partial charge on any atom is 0.488 e. The molecule has 0 aliphatic heterocycles. The van der Waals surface area contributed by atoms with E-state index in [1.807, 2.05) is 0 Å². The number of hydrogen-bond donors (Lipinski definition) is 1. The Morgan fingerprint density at radius 3 is 2.91 bits per heavy atom. The summed E-state index contributed by atoms with van der Waals surface area (Å²) in [5.74, 6) is 0. The molecule has 0 saturated carbocycles. The Hall–Kier alpha value is -1.13. The second-order valence-corrected chi connectivity index (χ2v) is 2.49. The summed E-state index contributed by atoms with van der Waals surface area (Å²) in [6, 6.07) is 0. The average molecular weight is 157 g/mol. The third-order valence-electron chi connectivity index (χ3n) is 1.52. The quantitative estimate of drug-likeness (QED) is 0.584. The number of aryl methyl sites for hydroxylation is 2. The molecule has 0 aliphatic carbocycles. The fourth-order valence-corrected chi connectivity index (χ4v) is 0.890. The molecule has 62 valence electrons. The summed E-state index contributed by atoms with van der Waals surface area (Å²) in [6.45, 7) is 2.90. The van der Waals surface area contributed by atoms with E-state index < -0.39 is 0 Å². The Bertz CT molecular complexity index is 274. The monoisotopic (exact) mass is 157 g/mol. The Kier molecular flexibility index (Phi) is 2.40. The zero-order valence-corrected chi connectivity index (χ0v) is 6.87. The van der Waals surface area contributed by atoms with Gasteiger partial charge >= 0.3 is 5.69 Å². The van der Waals surface area contributed by atoms with Gasteiger partial charge in [0.1, 0.15) is 6.54 Å². The molecular weight excluding hydrogens is 144 g/mol. The maximum absolute atomic E-state index is 10.7. The second kappa shape index (κ2) is 3.32. The fraction of sp³-hybridized carbons (Fsp3) is 0.833. The summed E-state index contributed by atoms with van der Waals surface area (Å²) in [6.07, 6.45) is 2.15. The Morgan fingerprint density at radius 1 is 1.73 bits per heavy atom. The van der Waals surface area contributed by atoms with Crippen LogP contribution in [0.15, 0.2) is 4.79 Å². The zero-order valence-electron chi connectivity index (χ0n) is 6.87. The van der Waals surface area contributed by atoms with Crippen molar-refractivity contribution < 1.29 is 4.80 Å². The number of aromatic nitrogens is 4. The number of rotatable bonds is 3. The van der Waals surface area contributed by atoms with Gasteiger partial charge in [0, 0.05) is 5.10 Å². The van der Waals surface area contributed by atoms with Crippen molar-refractivity contribution in [2.75, 3.05) is 0 Å². The molecule has 0 atom stereocenters. The molecule has 0 radical (unpaired) electrons. The number of hydrogen-bond acceptors (Lipinski definition) is 2. The lowest BCUT2D eigenvalue weighted by molar-refractivity contribution is -0.828. The third kappa shape index (κ3) is 1.89. The molecule has 1 aromatic heterocycles. The minimum atomic E-state index is -0.288. The van der Waals surface area contributed by atoms with Gasteiger partial charge in [0.2, 0.25) is 0 Å². The molecular formula is C6H13N4O+. The van der Waals surface area contributed by atoms with E-state index in [2.05, 4.69) is 17.1 Å². The maximum atomic E-state index is 10.7. The largest absolute Gasteiger partial charge is 0.488 e. The highest BCUT2D eigenvalue weighted by Gasteiger charge is 2.05. The molecule has 1 N–H and O–H groups in total. The van der Waals surface area contributed by atoms with Crippen LogP contribution in [0.25, 0.3) is 0 Å². The first-order chi connectivity index (χ1) is 5.24. The van der Waals surface area contributed by atoms with Crippen molar-refractivity contribution in [1.82, 2.24) is 15.0 Å². The number of unbranched alkanes of at least 4 members (excludes halogenated alkanes) is 1. The standard InChI is InChI=1S/C6H12N4O/c1-3-4-5-10-8-6(11)7-9(10)2/h3-5H2,1-2H3/p+1. The molecule has 0 saturated heterocycles. The smallest absolute Gasteiger partial charge is 0.212 e. The number of H-pyrrole nitrogens is 1. The topological polar surface area (TPSA) is 54.6 Å². The Labute approximate surface area is 64.6 Å². The van der Waals surface area contributed by atoms with E-state index in [1.165, 1.54) is 0 Å². The van der Waals surface area contributed by atoms with Gasteiger partial charge in [-0.2, -0.15) is 0 Å². The molecule has 11 heavy (non-hydrogen) atoms. The lowest BCUT2D eigenvalue weighted by Gasteiger charge is -1.92. The molecule has 1 heterocycles. The normalized spacial score (nSPS) is 10.4. The number of tetrazole rings is 1. The lowest BCUT2D eigenvalue weighted by Crippen LogP contribution is -2.45. The minimum Gasteiger partial charge on any atom is -0.212 e. The first kappa shape index (κ1) is 7.97. The summed E-state index contributed by atoms with van der Waals surface area (Å²) in [5, 5.41) is 6.25. The highest BCUT2D eigenvalue weighted by Crippen LogP contribution is 1.82. The van der Waals surface area contributed by atoms with Gasteiger partial charge in [-0.3, -0.25) is 0 Å². The van der Waals surface area contributed by atoms with Gasteiger partial charge in [-0.1, -0.05) is 22.9 Å². The highest BCUT2D eigenvalue weighted by molar-refractivity contribution is 4.35. The minimum absolute atomic E-state index is 0.288. The van der Waals surface area contributed by atoms with Crippen molar-refractivity contribution in [2.24, 2.45) is 7.05 Å². The van der Waals surface area contributed by atoms with Gasteiger partial charge in [0.15, 0.2) is 0 Å². The van der Waals surface area contributed by atoms with Crippen LogP contribution in [0.4, 0.5) is 0 Å². The molecule has 5 nitrogen and oxygen atoms in total. The molecule has 0 unspecified atom stereocenters. The summed E-state index contributed by atoms with van der Waals surface area (Å²) in [7, 11) is 1.77. The summed E-state index contributed by atoms with van der Waals surface area (Å²) >= 11 is 0. The predicted octanol–water partition coefficient (Wildman–Crippen LogP) is -0.804. The highest BCUT2D eigenvalue weighted by atomic mass is 16.2. The van der Waals surface area contributed by atoms with Crippen molar-refractivity contribution in [2.45, 2.75) is 26.3 Å². The van der Waals surface area contributed by atoms with Crippen LogP contribution >= 0.6 is 0 Å². The number of nitrogens with zero attached hydrogens (tertiary/aromatic N) is 3. The van der Waals surface area contributed by atoms with Crippen molar-refractivity contribution in [3.05, 3.63) is 10.5 Å². The van der Waals surface area contributed by atoms with Gasteiger partial charge in [-0.05, 0) is 6.42 Å². The van der Waals surface area contributed by atoms with Crippen LogP contribution in [0.1, 0.15) is 19.8 Å². The lowest BCUT2D eigenvalue weighted by atomic mass is 10.3. The van der Waals surface area contributed by atoms with Crippen LogP contribution in [-0.4, -0.2) is 15.0 Å². The van der Waals surface area contributed by atoms with Gasteiger partial charge in [-0.25, -0.2) is 4.79 Å². The first-order valence-electron chi connectivity index (χ1n) is 3.77. The third-order valence-corrected chi connectivity index (χ3v) is 1.52. The van der Waals surface area contributed by atoms with E-state index in [9.17, 15) is 4.79 Å². The van der Waals surface area contributed by atoms with E-state index in [4.69, 9.17) is 0 Å². The van der Waals surface area contributed by atoms with E-state index >= 15 is 0 Å². The van der Waals surface area contributed by atoms with E-state index in [-0.39, 0.29) is 5.69 Å². The first-order valence-corrected chi connectivity index (χ1v) is 3.77. The molecule has 0 fully saturated rings. The van der Waals surface area contributed by atoms with Crippen LogP contribution in [0.3, 0.4) is 0 Å². The molecule has 0 spiro atoms. The van der Waals surface area contributed by atoms with E-state index in [0.717, 1.165) is 19.4 Å². The predicted molar refractivity (Wildman–Crippen MR) is 38.9 cm³/mol. The Balaban J connectivity index is 2.69. The zero-order chi connectivity index (χ0) is 8.27. The van der Waals surface area contributed by atoms with E-state index in [0.29, 0.717) is 0 Å². The van der Waals surface area contributed by atoms with Crippen molar-refractivity contribution in [3.8, 4) is 0 Å². The SMILES string of the molecule is CCCC[n+]1nc(=O)[nH]n1C. The summed E-state index contributed by atoms with van der Waals surface area (Å²) in [5.41, 5.74) is -0.288. The van der Waals surface area contributed by atoms with Crippen LogP contribution < -0.4 is 10.5 Å². The molecule has 0 amide bonds. The molecule has 1 aromatic rings. The molecule has 1 rings (SSSR count). The van der Waals surface area contributed by atoms with Crippen LogP contribution in [0.2, 0.25) is 0 Å². The van der Waals surface area contributed by atoms with Gasteiger partial charge in [-0.15, -0.1) is 5.10 Å². The Morgan fingerprint density at radius 2 is 2.45 bits per heavy atom. The van der Waals surface area contributed by atoms with Gasteiger partial charge in [0.25, 0.3) is 0 Å². The van der Waals surface area contributed by atoms with Crippen LogP contribution in [0, 0.1) is 0 Å². The van der Waals surface area contributed by atoms with Gasteiger partial charge < -0.3 is 0 Å². The number of aromatic amines is 1. The van der Waals surface area contributed by atoms with Gasteiger partial charge in [0.05, 0.1) is 7.05 Å². The van der Waals surface area contributed by atoms with Crippen molar-refractivity contribution in [1.29, 1.82) is 0 Å². The second-order valence-electron chi connectivity index (χ2n) is 2.49. The molecule has 5 heteroatoms. The number of nitrogens with one attached hydrogen (secondary N) is 1. The fourth-order valence-electron chi connectivity index (χ4n) is 0.890. The summed E-state index contributed by atoms with van der Waals surface area (Å²) in [4.78, 5) is 13.9. The summed E-state index contributed by atoms with van der Waals surface area (Å²) < 4.78 is 0. The molecule has 0 aromatic carbocycles. The molecule has 0 bridgehead atoms. The van der Waals surface area contributed by atoms with Crippen LogP contribution in [0.5, 0.6) is 0 Å². The van der Waals surface area contributed by atoms with Crippen molar-refractivity contribution in [3.63, 3.8) is 0 Å².